The minimum atomic E-state index is 0.534. The molecule has 0 radical (unpaired) electrons. The monoisotopic (exact) mass is 217 g/mol. The molecule has 1 unspecified atom stereocenters. The summed E-state index contributed by atoms with van der Waals surface area (Å²) in [5.74, 6) is 3.59. The van der Waals surface area contributed by atoms with Gasteiger partial charge < -0.3 is 4.90 Å². The lowest BCUT2D eigenvalue weighted by molar-refractivity contribution is 0.301. The van der Waals surface area contributed by atoms with Crippen LogP contribution in [-0.2, 0) is 0 Å². The van der Waals surface area contributed by atoms with Crippen LogP contribution in [0.5, 0.6) is 0 Å². The van der Waals surface area contributed by atoms with E-state index in [4.69, 9.17) is 0 Å². The van der Waals surface area contributed by atoms with Crippen molar-refractivity contribution >= 4 is 23.5 Å². The van der Waals surface area contributed by atoms with Crippen LogP contribution in [0.1, 0.15) is 20.3 Å². The van der Waals surface area contributed by atoms with Gasteiger partial charge in [0.25, 0.3) is 0 Å². The van der Waals surface area contributed by atoms with E-state index in [2.05, 4.69) is 49.3 Å². The number of hydrogen-bond donors (Lipinski definition) is 0. The molecule has 0 N–H and O–H groups in total. The smallest absolute Gasteiger partial charge is 0.0777 e. The highest BCUT2D eigenvalue weighted by Gasteiger charge is 2.48. The van der Waals surface area contributed by atoms with E-state index < -0.39 is 0 Å². The Labute approximate surface area is 90.0 Å². The molecule has 0 saturated carbocycles. The Morgan fingerprint density at radius 3 is 2.31 bits per heavy atom. The molecule has 0 aliphatic carbocycles. The molecule has 3 heteroatoms. The van der Waals surface area contributed by atoms with Crippen LogP contribution in [0, 0.1) is 5.92 Å². The van der Waals surface area contributed by atoms with Gasteiger partial charge in [-0.25, -0.2) is 0 Å². The number of thioether (sulfide) groups is 2. The van der Waals surface area contributed by atoms with Crippen molar-refractivity contribution < 1.29 is 0 Å². The first-order chi connectivity index (χ1) is 6.16. The van der Waals surface area contributed by atoms with E-state index in [1.54, 1.807) is 0 Å². The van der Waals surface area contributed by atoms with Gasteiger partial charge in [-0.2, -0.15) is 0 Å². The molecule has 2 fully saturated rings. The lowest BCUT2D eigenvalue weighted by atomic mass is 10.0. The van der Waals surface area contributed by atoms with Gasteiger partial charge >= 0.3 is 0 Å². The lowest BCUT2D eigenvalue weighted by Gasteiger charge is -2.36. The molecule has 0 amide bonds. The molecule has 0 aromatic heterocycles. The maximum absolute atomic E-state index is 2.52. The molecular weight excluding hydrogens is 198 g/mol. The molecule has 2 aliphatic rings. The molecule has 1 nitrogen and oxygen atoms in total. The number of rotatable bonds is 0. The van der Waals surface area contributed by atoms with Crippen molar-refractivity contribution in [3.8, 4) is 0 Å². The van der Waals surface area contributed by atoms with Crippen molar-refractivity contribution in [2.45, 2.75) is 30.4 Å². The molecule has 2 rings (SSSR count). The summed E-state index contributed by atoms with van der Waals surface area (Å²) in [6, 6.07) is 0.762. The third kappa shape index (κ3) is 1.64. The Hall–Kier alpha value is 0.660. The maximum atomic E-state index is 2.52. The summed E-state index contributed by atoms with van der Waals surface area (Å²) in [5, 5.41) is 0. The van der Waals surface area contributed by atoms with Gasteiger partial charge in [-0.15, -0.1) is 23.5 Å². The van der Waals surface area contributed by atoms with E-state index in [-0.39, 0.29) is 0 Å². The molecule has 2 aliphatic heterocycles. The second-order valence-corrected chi connectivity index (χ2v) is 7.42. The fraction of sp³-hybridized carbons (Fsp3) is 1.00. The van der Waals surface area contributed by atoms with E-state index >= 15 is 0 Å². The fourth-order valence-corrected chi connectivity index (χ4v) is 6.12. The van der Waals surface area contributed by atoms with Gasteiger partial charge in [0.15, 0.2) is 0 Å². The Morgan fingerprint density at radius 2 is 1.85 bits per heavy atom. The summed E-state index contributed by atoms with van der Waals surface area (Å²) >= 11 is 4.42. The number of hydrogen-bond acceptors (Lipinski definition) is 3. The summed E-state index contributed by atoms with van der Waals surface area (Å²) in [7, 11) is 2.27. The summed E-state index contributed by atoms with van der Waals surface area (Å²) in [4.78, 5) is 2.52. The van der Waals surface area contributed by atoms with Gasteiger partial charge in [-0.1, -0.05) is 6.92 Å². The molecule has 2 saturated heterocycles. The van der Waals surface area contributed by atoms with E-state index in [1.165, 1.54) is 24.5 Å². The zero-order valence-corrected chi connectivity index (χ0v) is 10.4. The second-order valence-electron chi connectivity index (χ2n) is 4.31. The summed E-state index contributed by atoms with van der Waals surface area (Å²) in [6.07, 6.45) is 1.40. The van der Waals surface area contributed by atoms with Crippen LogP contribution in [-0.4, -0.2) is 40.1 Å². The average molecular weight is 217 g/mol. The largest absolute Gasteiger partial charge is 0.301 e. The third-order valence-corrected chi connectivity index (χ3v) is 7.24. The van der Waals surface area contributed by atoms with Crippen molar-refractivity contribution in [1.29, 1.82) is 0 Å². The maximum Gasteiger partial charge on any atom is 0.0777 e. The zero-order valence-electron chi connectivity index (χ0n) is 8.75. The van der Waals surface area contributed by atoms with Crippen molar-refractivity contribution in [3.63, 3.8) is 0 Å². The van der Waals surface area contributed by atoms with Crippen molar-refractivity contribution in [1.82, 2.24) is 4.90 Å². The van der Waals surface area contributed by atoms with Crippen LogP contribution in [0.4, 0.5) is 0 Å². The normalized spacial score (nSPS) is 39.9. The predicted molar refractivity (Wildman–Crippen MR) is 63.5 cm³/mol. The first-order valence-corrected chi connectivity index (χ1v) is 7.11. The second kappa shape index (κ2) is 3.67. The van der Waals surface area contributed by atoms with Gasteiger partial charge in [0.1, 0.15) is 0 Å². The molecule has 13 heavy (non-hydrogen) atoms. The molecule has 0 aromatic carbocycles. The van der Waals surface area contributed by atoms with Gasteiger partial charge in [0, 0.05) is 12.6 Å². The van der Waals surface area contributed by atoms with E-state index in [0.717, 1.165) is 12.0 Å². The van der Waals surface area contributed by atoms with Crippen molar-refractivity contribution in [3.05, 3.63) is 0 Å². The lowest BCUT2D eigenvalue weighted by Crippen LogP contribution is -2.33. The van der Waals surface area contributed by atoms with Gasteiger partial charge in [0.2, 0.25) is 0 Å². The Balaban J connectivity index is 2.13. The summed E-state index contributed by atoms with van der Waals surface area (Å²) in [5.41, 5.74) is 0. The standard InChI is InChI=1S/C10H19NS2/c1-8-9(2)11(3)7-10(8)12-5-4-6-13-10/h8-9H,4-7H2,1-3H3/t8?,9-/m1/s1. The molecule has 2 atom stereocenters. The third-order valence-electron chi connectivity index (χ3n) is 3.56. The van der Waals surface area contributed by atoms with Crippen LogP contribution < -0.4 is 0 Å². The first kappa shape index (κ1) is 10.2. The highest BCUT2D eigenvalue weighted by atomic mass is 32.2. The quantitative estimate of drug-likeness (QED) is 0.614. The molecule has 76 valence electrons. The minimum absolute atomic E-state index is 0.534. The van der Waals surface area contributed by atoms with Crippen molar-refractivity contribution in [2.24, 2.45) is 5.92 Å². The van der Waals surface area contributed by atoms with Crippen molar-refractivity contribution in [2.75, 3.05) is 25.1 Å². The van der Waals surface area contributed by atoms with E-state index in [1.807, 2.05) is 0 Å². The highest BCUT2D eigenvalue weighted by Crippen LogP contribution is 2.52. The Morgan fingerprint density at radius 1 is 1.23 bits per heavy atom. The van der Waals surface area contributed by atoms with Crippen LogP contribution in [0.3, 0.4) is 0 Å². The van der Waals surface area contributed by atoms with Gasteiger partial charge in [0.05, 0.1) is 4.08 Å². The van der Waals surface area contributed by atoms with Crippen LogP contribution in [0.2, 0.25) is 0 Å². The van der Waals surface area contributed by atoms with E-state index in [9.17, 15) is 0 Å². The van der Waals surface area contributed by atoms with E-state index in [0.29, 0.717) is 4.08 Å². The molecule has 2 heterocycles. The van der Waals surface area contributed by atoms with Crippen LogP contribution in [0.15, 0.2) is 0 Å². The SMILES string of the molecule is CC1[C@@H](C)N(C)CC12SCCCS2. The van der Waals surface area contributed by atoms with Crippen LogP contribution in [0.25, 0.3) is 0 Å². The number of likely N-dealkylation sites (tertiary alicyclic amines) is 1. The molecule has 0 aromatic rings. The Bertz CT molecular complexity index is 189. The molecule has 1 spiro atoms. The topological polar surface area (TPSA) is 3.24 Å². The molecule has 0 bridgehead atoms. The fourth-order valence-electron chi connectivity index (χ4n) is 2.33. The first-order valence-electron chi connectivity index (χ1n) is 5.14. The minimum Gasteiger partial charge on any atom is -0.301 e. The van der Waals surface area contributed by atoms with Gasteiger partial charge in [-0.05, 0) is 37.8 Å². The molecular formula is C10H19NS2. The highest BCUT2D eigenvalue weighted by molar-refractivity contribution is 8.18. The Kier molecular flexibility index (Phi) is 2.87. The summed E-state index contributed by atoms with van der Waals surface area (Å²) in [6.45, 7) is 6.08. The number of nitrogens with zero attached hydrogens (tertiary/aromatic N) is 1. The average Bonchev–Trinajstić information content (AvgIpc) is 2.33. The zero-order chi connectivity index (χ0) is 9.47. The van der Waals surface area contributed by atoms with Gasteiger partial charge in [-0.3, -0.25) is 0 Å². The van der Waals surface area contributed by atoms with Crippen LogP contribution >= 0.6 is 23.5 Å². The summed E-state index contributed by atoms with van der Waals surface area (Å²) < 4.78 is 0.534. The predicted octanol–water partition coefficient (Wildman–Crippen LogP) is 2.52.